The molecule has 0 saturated carbocycles. The minimum atomic E-state index is -0.666. The van der Waals surface area contributed by atoms with Gasteiger partial charge < -0.3 is 14.4 Å². The van der Waals surface area contributed by atoms with Crippen molar-refractivity contribution in [3.05, 3.63) is 59.4 Å². The zero-order valence-corrected chi connectivity index (χ0v) is 14.0. The smallest absolute Gasteiger partial charge is 0.264 e. The van der Waals surface area contributed by atoms with Crippen LogP contribution in [-0.2, 0) is 0 Å². The van der Waals surface area contributed by atoms with Crippen LogP contribution in [0.3, 0.4) is 0 Å². The minimum absolute atomic E-state index is 0.0582. The van der Waals surface area contributed by atoms with Crippen LogP contribution in [0.4, 0.5) is 0 Å². The van der Waals surface area contributed by atoms with E-state index in [1.807, 2.05) is 35.2 Å². The number of benzene rings is 1. The second kappa shape index (κ2) is 6.42. The van der Waals surface area contributed by atoms with Crippen molar-refractivity contribution in [3.8, 4) is 0 Å². The molecule has 1 aliphatic rings. The van der Waals surface area contributed by atoms with Crippen molar-refractivity contribution >= 4 is 27.3 Å². The zero-order valence-electron chi connectivity index (χ0n) is 13.2. The molecule has 1 aliphatic heterocycles. The summed E-state index contributed by atoms with van der Waals surface area (Å²) in [5.74, 6) is 0.640. The number of fused-ring (bicyclic) bond motifs is 1. The number of aliphatic hydroxyl groups excluding tert-OH is 1. The fourth-order valence-electron chi connectivity index (χ4n) is 3.43. The number of aliphatic hydroxyl groups is 1. The Bertz CT molecular complexity index is 806. The van der Waals surface area contributed by atoms with E-state index in [9.17, 15) is 9.90 Å². The van der Waals surface area contributed by atoms with Crippen LogP contribution in [0.1, 0.15) is 40.8 Å². The number of hydrogen-bond acceptors (Lipinski definition) is 4. The number of rotatable bonds is 4. The third-order valence-electron chi connectivity index (χ3n) is 4.64. The van der Waals surface area contributed by atoms with Gasteiger partial charge in [-0.1, -0.05) is 18.2 Å². The Morgan fingerprint density at radius 2 is 2.21 bits per heavy atom. The number of hydrogen-bond donors (Lipinski definition) is 1. The Morgan fingerprint density at radius 1 is 1.33 bits per heavy atom. The first-order valence-electron chi connectivity index (χ1n) is 8.23. The maximum absolute atomic E-state index is 12.9. The van der Waals surface area contributed by atoms with E-state index in [1.165, 1.54) is 11.3 Å². The van der Waals surface area contributed by atoms with Gasteiger partial charge in [0.05, 0.1) is 11.1 Å². The molecule has 1 amide bonds. The van der Waals surface area contributed by atoms with Crippen LogP contribution in [0, 0.1) is 0 Å². The van der Waals surface area contributed by atoms with Gasteiger partial charge in [-0.25, -0.2) is 0 Å². The quantitative estimate of drug-likeness (QED) is 0.773. The molecule has 0 aliphatic carbocycles. The zero-order chi connectivity index (χ0) is 16.5. The molecule has 0 bridgehead atoms. The molecule has 0 spiro atoms. The van der Waals surface area contributed by atoms with Crippen LogP contribution in [0.25, 0.3) is 10.1 Å². The lowest BCUT2D eigenvalue weighted by molar-refractivity contribution is 0.0646. The van der Waals surface area contributed by atoms with Crippen molar-refractivity contribution in [2.45, 2.75) is 31.4 Å². The molecule has 0 radical (unpaired) electrons. The highest BCUT2D eigenvalue weighted by Crippen LogP contribution is 2.32. The van der Waals surface area contributed by atoms with E-state index in [2.05, 4.69) is 0 Å². The van der Waals surface area contributed by atoms with Gasteiger partial charge >= 0.3 is 0 Å². The van der Waals surface area contributed by atoms with Gasteiger partial charge in [0, 0.05) is 23.7 Å². The number of carbonyl (C=O) groups excluding carboxylic acids is 1. The summed E-state index contributed by atoms with van der Waals surface area (Å²) in [5.41, 5.74) is 0. The maximum atomic E-state index is 12.9. The number of furan rings is 1. The Labute approximate surface area is 144 Å². The number of carbonyl (C=O) groups is 1. The fraction of sp³-hybridized carbons (Fsp3) is 0.316. The van der Waals surface area contributed by atoms with E-state index in [4.69, 9.17) is 4.42 Å². The highest BCUT2D eigenvalue weighted by atomic mass is 32.1. The predicted molar refractivity (Wildman–Crippen MR) is 94.2 cm³/mol. The van der Waals surface area contributed by atoms with Gasteiger partial charge in [-0.2, -0.15) is 0 Å². The van der Waals surface area contributed by atoms with Crippen LogP contribution < -0.4 is 0 Å². The topological polar surface area (TPSA) is 53.7 Å². The third kappa shape index (κ3) is 2.85. The second-order valence-electron chi connectivity index (χ2n) is 6.21. The van der Waals surface area contributed by atoms with Crippen LogP contribution in [0.2, 0.25) is 0 Å². The molecule has 3 heterocycles. The Balaban J connectivity index is 1.52. The van der Waals surface area contributed by atoms with E-state index in [0.717, 1.165) is 34.3 Å². The van der Waals surface area contributed by atoms with E-state index < -0.39 is 6.10 Å². The molecule has 1 aromatic carbocycles. The molecule has 2 atom stereocenters. The monoisotopic (exact) mass is 341 g/mol. The lowest BCUT2D eigenvalue weighted by atomic mass is 10.1. The first kappa shape index (κ1) is 15.4. The molecule has 2 aromatic heterocycles. The normalized spacial score (nSPS) is 19.0. The molecule has 4 nitrogen and oxygen atoms in total. The van der Waals surface area contributed by atoms with Gasteiger partial charge in [-0.05, 0) is 42.5 Å². The lowest BCUT2D eigenvalue weighted by Crippen LogP contribution is -2.36. The van der Waals surface area contributed by atoms with Gasteiger partial charge in [0.25, 0.3) is 5.91 Å². The van der Waals surface area contributed by atoms with Crippen molar-refractivity contribution < 1.29 is 14.3 Å². The summed E-state index contributed by atoms with van der Waals surface area (Å²) in [4.78, 5) is 15.6. The molecule has 4 rings (SSSR count). The highest BCUT2D eigenvalue weighted by Gasteiger charge is 2.32. The van der Waals surface area contributed by atoms with Crippen LogP contribution in [0.5, 0.6) is 0 Å². The fourth-order valence-corrected chi connectivity index (χ4v) is 4.45. The number of likely N-dealkylation sites (tertiary alicyclic amines) is 1. The third-order valence-corrected chi connectivity index (χ3v) is 5.75. The average molecular weight is 341 g/mol. The molecule has 1 saturated heterocycles. The number of nitrogens with zero attached hydrogens (tertiary/aromatic N) is 1. The summed E-state index contributed by atoms with van der Waals surface area (Å²) in [6.45, 7) is 0.753. The lowest BCUT2D eigenvalue weighted by Gasteiger charge is -2.25. The molecule has 3 aromatic rings. The van der Waals surface area contributed by atoms with Gasteiger partial charge in [-0.3, -0.25) is 4.79 Å². The van der Waals surface area contributed by atoms with Crippen molar-refractivity contribution in [3.63, 3.8) is 0 Å². The minimum Gasteiger partial charge on any atom is -0.467 e. The van der Waals surface area contributed by atoms with Gasteiger partial charge in [0.15, 0.2) is 0 Å². The maximum Gasteiger partial charge on any atom is 0.264 e. The Hall–Kier alpha value is -2.11. The SMILES string of the molecule is O=C(c1cc2ccccc2s1)N1CCC[C@H]1C[C@H](O)c1ccco1. The molecular weight excluding hydrogens is 322 g/mol. The van der Waals surface area contributed by atoms with Crippen LogP contribution >= 0.6 is 11.3 Å². The molecule has 124 valence electrons. The van der Waals surface area contributed by atoms with Gasteiger partial charge in [0.1, 0.15) is 11.9 Å². The summed E-state index contributed by atoms with van der Waals surface area (Å²) >= 11 is 1.54. The summed E-state index contributed by atoms with van der Waals surface area (Å²) in [6, 6.07) is 13.6. The van der Waals surface area contributed by atoms with Crippen molar-refractivity contribution in [2.24, 2.45) is 0 Å². The first-order chi connectivity index (χ1) is 11.7. The second-order valence-corrected chi connectivity index (χ2v) is 7.29. The van der Waals surface area contributed by atoms with Crippen LogP contribution in [0.15, 0.2) is 53.1 Å². The van der Waals surface area contributed by atoms with Crippen molar-refractivity contribution in [2.75, 3.05) is 6.54 Å². The molecule has 1 N–H and O–H groups in total. The number of amides is 1. The van der Waals surface area contributed by atoms with E-state index >= 15 is 0 Å². The van der Waals surface area contributed by atoms with Crippen LogP contribution in [-0.4, -0.2) is 28.5 Å². The summed E-state index contributed by atoms with van der Waals surface area (Å²) in [6.07, 6.45) is 3.32. The van der Waals surface area contributed by atoms with Gasteiger partial charge in [-0.15, -0.1) is 11.3 Å². The predicted octanol–water partition coefficient (Wildman–Crippen LogP) is 4.22. The average Bonchev–Trinajstić information content (AvgIpc) is 3.33. The van der Waals surface area contributed by atoms with E-state index in [1.54, 1.807) is 18.4 Å². The summed E-state index contributed by atoms with van der Waals surface area (Å²) < 4.78 is 6.41. The number of thiophene rings is 1. The molecule has 24 heavy (non-hydrogen) atoms. The van der Waals surface area contributed by atoms with Gasteiger partial charge in [0.2, 0.25) is 0 Å². The van der Waals surface area contributed by atoms with Crippen molar-refractivity contribution in [1.29, 1.82) is 0 Å². The highest BCUT2D eigenvalue weighted by molar-refractivity contribution is 7.20. The molecule has 1 fully saturated rings. The first-order valence-corrected chi connectivity index (χ1v) is 9.05. The van der Waals surface area contributed by atoms with Crippen molar-refractivity contribution in [1.82, 2.24) is 4.90 Å². The Morgan fingerprint density at radius 3 is 3.00 bits per heavy atom. The molecule has 5 heteroatoms. The summed E-state index contributed by atoms with van der Waals surface area (Å²) in [5, 5.41) is 11.4. The molecular formula is C19H19NO3S. The van der Waals surface area contributed by atoms with E-state index in [0.29, 0.717) is 12.2 Å². The summed E-state index contributed by atoms with van der Waals surface area (Å²) in [7, 11) is 0. The standard InChI is InChI=1S/C19H19NO3S/c21-15(16-7-4-10-23-16)12-14-6-3-9-20(14)19(22)18-11-13-5-1-2-8-17(13)24-18/h1-2,4-5,7-8,10-11,14-15,21H,3,6,9,12H2/t14-,15-/m0/s1. The van der Waals surface area contributed by atoms with E-state index in [-0.39, 0.29) is 11.9 Å². The Kier molecular flexibility index (Phi) is 4.12. The molecule has 0 unspecified atom stereocenters. The largest absolute Gasteiger partial charge is 0.467 e.